The smallest absolute Gasteiger partial charge is 0.283 e. The second-order valence-corrected chi connectivity index (χ2v) is 6.76. The van der Waals surface area contributed by atoms with Gasteiger partial charge in [0.2, 0.25) is 0 Å². The number of carbonyl (C=O) groups excluding carboxylic acids is 1. The molecule has 0 N–H and O–H groups in total. The van der Waals surface area contributed by atoms with Gasteiger partial charge in [0.25, 0.3) is 5.91 Å². The van der Waals surface area contributed by atoms with E-state index in [-0.39, 0.29) is 5.91 Å². The first-order valence-corrected chi connectivity index (χ1v) is 9.18. The van der Waals surface area contributed by atoms with E-state index < -0.39 is 0 Å². The molecule has 4 nitrogen and oxygen atoms in total. The molecule has 0 fully saturated rings. The molecule has 2 heterocycles. The summed E-state index contributed by atoms with van der Waals surface area (Å²) in [7, 11) is 1.55. The zero-order valence-electron chi connectivity index (χ0n) is 12.4. The summed E-state index contributed by atoms with van der Waals surface area (Å²) in [4.78, 5) is 19.7. The zero-order chi connectivity index (χ0) is 16.4. The van der Waals surface area contributed by atoms with Crippen LogP contribution in [-0.4, -0.2) is 24.4 Å². The van der Waals surface area contributed by atoms with E-state index >= 15 is 0 Å². The Balaban J connectivity index is 1.98. The minimum atomic E-state index is -0.163. The van der Waals surface area contributed by atoms with Gasteiger partial charge in [-0.2, -0.15) is 0 Å². The third kappa shape index (κ3) is 3.15. The molecule has 0 radical (unpaired) electrons. The van der Waals surface area contributed by atoms with E-state index in [0.29, 0.717) is 27.3 Å². The summed E-state index contributed by atoms with van der Waals surface area (Å²) in [6, 6.07) is 9.13. The molecule has 0 unspecified atom stereocenters. The van der Waals surface area contributed by atoms with E-state index in [1.807, 2.05) is 23.8 Å². The maximum atomic E-state index is 12.7. The number of benzene rings is 1. The van der Waals surface area contributed by atoms with Crippen LogP contribution in [0.4, 0.5) is 5.69 Å². The number of amides is 1. The number of carbonyl (C=O) groups is 1. The lowest BCUT2D eigenvalue weighted by molar-refractivity contribution is -0.113. The van der Waals surface area contributed by atoms with Crippen molar-refractivity contribution < 1.29 is 9.53 Å². The van der Waals surface area contributed by atoms with E-state index in [1.165, 1.54) is 11.8 Å². The molecule has 1 aromatic carbocycles. The minimum Gasteiger partial charge on any atom is -0.495 e. The molecule has 118 valence electrons. The number of nitrogens with zero attached hydrogens (tertiary/aromatic N) is 2. The Hall–Kier alpha value is -1.76. The number of hydrogen-bond donors (Lipinski definition) is 0. The molecule has 1 amide bonds. The number of anilines is 1. The average Bonchev–Trinajstić information content (AvgIpc) is 3.16. The van der Waals surface area contributed by atoms with Gasteiger partial charge < -0.3 is 4.74 Å². The predicted molar refractivity (Wildman–Crippen MR) is 98.7 cm³/mol. The highest BCUT2D eigenvalue weighted by molar-refractivity contribution is 8.13. The van der Waals surface area contributed by atoms with Crippen molar-refractivity contribution >= 4 is 57.5 Å². The zero-order valence-corrected chi connectivity index (χ0v) is 14.8. The Morgan fingerprint density at radius 2 is 2.22 bits per heavy atom. The third-order valence-corrected chi connectivity index (χ3v) is 4.98. The Kier molecular flexibility index (Phi) is 4.75. The molecule has 0 atom stereocenters. The van der Waals surface area contributed by atoms with Gasteiger partial charge in [-0.25, -0.2) is 4.99 Å². The first-order chi connectivity index (χ1) is 11.1. The molecule has 0 saturated carbocycles. The van der Waals surface area contributed by atoms with Crippen molar-refractivity contribution in [1.82, 2.24) is 0 Å². The van der Waals surface area contributed by atoms with Crippen LogP contribution in [0.15, 0.2) is 46.4 Å². The van der Waals surface area contributed by atoms with Crippen LogP contribution < -0.4 is 9.64 Å². The van der Waals surface area contributed by atoms with Crippen molar-refractivity contribution in [1.29, 1.82) is 0 Å². The molecule has 1 aliphatic rings. The summed E-state index contributed by atoms with van der Waals surface area (Å²) < 4.78 is 5.15. The molecule has 0 spiro atoms. The second kappa shape index (κ2) is 6.78. The maximum Gasteiger partial charge on any atom is 0.283 e. The van der Waals surface area contributed by atoms with Gasteiger partial charge in [-0.3, -0.25) is 9.69 Å². The highest BCUT2D eigenvalue weighted by Crippen LogP contribution is 2.34. The molecular weight excluding hydrogens is 352 g/mol. The lowest BCUT2D eigenvalue weighted by Crippen LogP contribution is -2.30. The van der Waals surface area contributed by atoms with Crippen LogP contribution in [0.5, 0.6) is 5.75 Å². The van der Waals surface area contributed by atoms with Crippen molar-refractivity contribution in [3.05, 3.63) is 51.3 Å². The predicted octanol–water partition coefficient (Wildman–Crippen LogP) is 4.52. The van der Waals surface area contributed by atoms with Gasteiger partial charge in [-0.05, 0) is 42.0 Å². The summed E-state index contributed by atoms with van der Waals surface area (Å²) in [5.74, 6) is 0.406. The van der Waals surface area contributed by atoms with Crippen molar-refractivity contribution in [2.24, 2.45) is 4.99 Å². The lowest BCUT2D eigenvalue weighted by atomic mass is 10.2. The van der Waals surface area contributed by atoms with Crippen molar-refractivity contribution in [2.45, 2.75) is 0 Å². The summed E-state index contributed by atoms with van der Waals surface area (Å²) in [6.45, 7) is 0. The summed E-state index contributed by atoms with van der Waals surface area (Å²) in [6.07, 6.45) is 3.69. The molecule has 1 aromatic heterocycles. The van der Waals surface area contributed by atoms with E-state index in [0.717, 1.165) is 4.88 Å². The van der Waals surface area contributed by atoms with Gasteiger partial charge in [0.1, 0.15) is 11.4 Å². The Bertz CT molecular complexity index is 800. The molecule has 0 aliphatic carbocycles. The van der Waals surface area contributed by atoms with Gasteiger partial charge in [-0.15, -0.1) is 11.3 Å². The van der Waals surface area contributed by atoms with Gasteiger partial charge in [-0.1, -0.05) is 29.4 Å². The summed E-state index contributed by atoms with van der Waals surface area (Å²) >= 11 is 9.15. The highest BCUT2D eigenvalue weighted by Gasteiger charge is 2.31. The van der Waals surface area contributed by atoms with Crippen LogP contribution in [-0.2, 0) is 4.79 Å². The topological polar surface area (TPSA) is 41.9 Å². The van der Waals surface area contributed by atoms with Gasteiger partial charge in [0.05, 0.1) is 17.8 Å². The lowest BCUT2D eigenvalue weighted by Gasteiger charge is -2.17. The first kappa shape index (κ1) is 16.1. The molecule has 1 aliphatic heterocycles. The number of aliphatic imine (C=N–C) groups is 1. The normalized spacial score (nSPS) is 16.1. The van der Waals surface area contributed by atoms with Crippen LogP contribution >= 0.6 is 34.7 Å². The SMILES string of the molecule is COc1ccc(N2C(=O)C(=Cc3cccs3)N=C2SC)cc1Cl. The summed E-state index contributed by atoms with van der Waals surface area (Å²) in [5, 5.41) is 3.04. The molecule has 0 bridgehead atoms. The molecule has 7 heteroatoms. The fraction of sp³-hybridized carbons (Fsp3) is 0.125. The standard InChI is InChI=1S/C16H13ClN2O2S2/c1-21-14-6-5-10(8-12(14)17)19-15(20)13(18-16(19)22-2)9-11-4-3-7-23-11/h3-9H,1-2H3. The maximum absolute atomic E-state index is 12.7. The van der Waals surface area contributed by atoms with Gasteiger partial charge in [0.15, 0.2) is 5.17 Å². The fourth-order valence-electron chi connectivity index (χ4n) is 2.16. The third-order valence-electron chi connectivity index (χ3n) is 3.23. The number of rotatable bonds is 3. The number of methoxy groups -OCH3 is 1. The van der Waals surface area contributed by atoms with E-state index in [4.69, 9.17) is 16.3 Å². The largest absolute Gasteiger partial charge is 0.495 e. The summed E-state index contributed by atoms with van der Waals surface area (Å²) in [5.41, 5.74) is 1.09. The molecule has 0 saturated heterocycles. The van der Waals surface area contributed by atoms with Crippen molar-refractivity contribution in [3.8, 4) is 5.75 Å². The first-order valence-electron chi connectivity index (χ1n) is 6.70. The van der Waals surface area contributed by atoms with Crippen LogP contribution in [0, 0.1) is 0 Å². The Labute approximate surface area is 147 Å². The fourth-order valence-corrected chi connectivity index (χ4v) is 3.63. The van der Waals surface area contributed by atoms with Gasteiger partial charge in [0, 0.05) is 4.88 Å². The van der Waals surface area contributed by atoms with E-state index in [2.05, 4.69) is 4.99 Å². The van der Waals surface area contributed by atoms with E-state index in [9.17, 15) is 4.79 Å². The Morgan fingerprint density at radius 3 is 2.83 bits per heavy atom. The van der Waals surface area contributed by atoms with Crippen molar-refractivity contribution in [3.63, 3.8) is 0 Å². The Morgan fingerprint density at radius 1 is 1.39 bits per heavy atom. The number of thiophene rings is 1. The minimum absolute atomic E-state index is 0.163. The second-order valence-electron chi connectivity index (χ2n) is 4.60. The molecular formula is C16H13ClN2O2S2. The highest BCUT2D eigenvalue weighted by atomic mass is 35.5. The number of amidine groups is 1. The number of thioether (sulfide) groups is 1. The van der Waals surface area contributed by atoms with Crippen LogP contribution in [0.25, 0.3) is 6.08 Å². The van der Waals surface area contributed by atoms with Gasteiger partial charge >= 0.3 is 0 Å². The van der Waals surface area contributed by atoms with Crippen LogP contribution in [0.1, 0.15) is 4.88 Å². The van der Waals surface area contributed by atoms with Crippen LogP contribution in [0.3, 0.4) is 0 Å². The van der Waals surface area contributed by atoms with Crippen molar-refractivity contribution in [2.75, 3.05) is 18.3 Å². The molecule has 3 rings (SSSR count). The quantitative estimate of drug-likeness (QED) is 0.752. The average molecular weight is 365 g/mol. The number of halogens is 1. The number of ether oxygens (including phenoxy) is 1. The van der Waals surface area contributed by atoms with Crippen LogP contribution in [0.2, 0.25) is 5.02 Å². The number of hydrogen-bond acceptors (Lipinski definition) is 5. The molecule has 2 aromatic rings. The molecule has 23 heavy (non-hydrogen) atoms. The van der Waals surface area contributed by atoms with E-state index in [1.54, 1.807) is 47.6 Å². The monoisotopic (exact) mass is 364 g/mol.